The Bertz CT molecular complexity index is 522. The Morgan fingerprint density at radius 2 is 2.37 bits per heavy atom. The molecule has 0 fully saturated rings. The molecule has 100 valence electrons. The minimum atomic E-state index is -0.189. The molecule has 0 aliphatic rings. The van der Waals surface area contributed by atoms with E-state index in [1.807, 2.05) is 6.92 Å². The first kappa shape index (κ1) is 13.2. The van der Waals surface area contributed by atoms with Crippen LogP contribution in [0.1, 0.15) is 23.7 Å². The average Bonchev–Trinajstić information content (AvgIpc) is 2.93. The molecule has 19 heavy (non-hydrogen) atoms. The lowest BCUT2D eigenvalue weighted by Crippen LogP contribution is -2.33. The van der Waals surface area contributed by atoms with Gasteiger partial charge >= 0.3 is 0 Å². The molecule has 2 aromatic heterocycles. The summed E-state index contributed by atoms with van der Waals surface area (Å²) in [6.45, 7) is 1.90. The first-order valence-corrected chi connectivity index (χ1v) is 6.07. The van der Waals surface area contributed by atoms with Gasteiger partial charge < -0.3 is 10.4 Å². The summed E-state index contributed by atoms with van der Waals surface area (Å²) < 4.78 is 1.76. The molecule has 0 saturated carbocycles. The molecule has 1 atom stereocenters. The van der Waals surface area contributed by atoms with Gasteiger partial charge in [-0.3, -0.25) is 9.36 Å². The van der Waals surface area contributed by atoms with E-state index in [9.17, 15) is 4.79 Å². The molecule has 0 bridgehead atoms. The summed E-state index contributed by atoms with van der Waals surface area (Å²) in [7, 11) is 0. The number of carbonyl (C=O) groups excluding carboxylic acids is 1. The molecule has 2 rings (SSSR count). The smallest absolute Gasteiger partial charge is 0.253 e. The predicted molar refractivity (Wildman–Crippen MR) is 70.0 cm³/mol. The number of nitrogens with one attached hydrogen (secondary N) is 1. The number of aliphatic hydroxyl groups is 1. The van der Waals surface area contributed by atoms with Gasteiger partial charge in [0.1, 0.15) is 12.1 Å². The zero-order valence-corrected chi connectivity index (χ0v) is 10.7. The molecule has 0 saturated heterocycles. The summed E-state index contributed by atoms with van der Waals surface area (Å²) >= 11 is 0. The Morgan fingerprint density at radius 3 is 2.95 bits per heavy atom. The van der Waals surface area contributed by atoms with Gasteiger partial charge in [0.15, 0.2) is 0 Å². The predicted octanol–water partition coefficient (Wildman–Crippen LogP) is 0.768. The van der Waals surface area contributed by atoms with Crippen LogP contribution < -0.4 is 5.32 Å². The number of imidazole rings is 1. The monoisotopic (exact) mass is 260 g/mol. The molecule has 0 radical (unpaired) electrons. The summed E-state index contributed by atoms with van der Waals surface area (Å²) in [6, 6.07) is 3.40. The third kappa shape index (κ3) is 3.38. The molecular formula is C13H16N4O2. The quantitative estimate of drug-likeness (QED) is 0.832. The highest BCUT2D eigenvalue weighted by atomic mass is 16.3. The first-order chi connectivity index (χ1) is 9.20. The fourth-order valence-corrected chi connectivity index (χ4v) is 1.64. The number of hydrogen-bond donors (Lipinski definition) is 2. The Kier molecular flexibility index (Phi) is 4.25. The number of amides is 1. The van der Waals surface area contributed by atoms with Crippen LogP contribution in [0.25, 0.3) is 5.82 Å². The second-order valence-electron chi connectivity index (χ2n) is 4.26. The van der Waals surface area contributed by atoms with Crippen molar-refractivity contribution in [3.63, 3.8) is 0 Å². The van der Waals surface area contributed by atoms with Gasteiger partial charge in [-0.25, -0.2) is 9.97 Å². The second-order valence-corrected chi connectivity index (χ2v) is 4.26. The minimum Gasteiger partial charge on any atom is -0.396 e. The number of hydrogen-bond acceptors (Lipinski definition) is 4. The SMILES string of the molecule is CC(CCO)NC(=O)c1ccc(-n2ccnc2)nc1. The van der Waals surface area contributed by atoms with E-state index >= 15 is 0 Å². The van der Waals surface area contributed by atoms with Crippen LogP contribution in [-0.2, 0) is 0 Å². The van der Waals surface area contributed by atoms with Gasteiger partial charge in [0.2, 0.25) is 0 Å². The van der Waals surface area contributed by atoms with Crippen LogP contribution in [0.5, 0.6) is 0 Å². The maximum absolute atomic E-state index is 11.9. The topological polar surface area (TPSA) is 80.0 Å². The highest BCUT2D eigenvalue weighted by molar-refractivity contribution is 5.94. The van der Waals surface area contributed by atoms with Crippen LogP contribution in [0.3, 0.4) is 0 Å². The summed E-state index contributed by atoms with van der Waals surface area (Å²) in [4.78, 5) is 20.0. The molecule has 0 aliphatic carbocycles. The van der Waals surface area contributed by atoms with Gasteiger partial charge in [-0.2, -0.15) is 0 Å². The number of aromatic nitrogens is 3. The number of aliphatic hydroxyl groups excluding tert-OH is 1. The normalized spacial score (nSPS) is 12.1. The van der Waals surface area contributed by atoms with Gasteiger partial charge in [0, 0.05) is 31.2 Å². The lowest BCUT2D eigenvalue weighted by atomic mass is 10.2. The van der Waals surface area contributed by atoms with Crippen molar-refractivity contribution in [3.05, 3.63) is 42.6 Å². The van der Waals surface area contributed by atoms with E-state index in [1.54, 1.807) is 35.4 Å². The lowest BCUT2D eigenvalue weighted by molar-refractivity contribution is 0.0934. The molecule has 1 amide bonds. The van der Waals surface area contributed by atoms with E-state index in [0.717, 1.165) is 0 Å². The number of rotatable bonds is 5. The van der Waals surface area contributed by atoms with Crippen molar-refractivity contribution < 1.29 is 9.90 Å². The number of pyridine rings is 1. The van der Waals surface area contributed by atoms with Crippen molar-refractivity contribution in [2.75, 3.05) is 6.61 Å². The molecule has 0 aliphatic heterocycles. The van der Waals surface area contributed by atoms with Crippen LogP contribution in [0.15, 0.2) is 37.1 Å². The zero-order chi connectivity index (χ0) is 13.7. The van der Waals surface area contributed by atoms with Gasteiger partial charge in [-0.05, 0) is 25.5 Å². The fraction of sp³-hybridized carbons (Fsp3) is 0.308. The Balaban J connectivity index is 2.04. The molecule has 2 N–H and O–H groups in total. The van der Waals surface area contributed by atoms with E-state index in [0.29, 0.717) is 17.8 Å². The van der Waals surface area contributed by atoms with Crippen molar-refractivity contribution in [1.82, 2.24) is 19.9 Å². The fourth-order valence-electron chi connectivity index (χ4n) is 1.64. The molecule has 6 nitrogen and oxygen atoms in total. The van der Waals surface area contributed by atoms with E-state index < -0.39 is 0 Å². The van der Waals surface area contributed by atoms with Crippen molar-refractivity contribution in [3.8, 4) is 5.82 Å². The zero-order valence-electron chi connectivity index (χ0n) is 10.7. The van der Waals surface area contributed by atoms with E-state index in [2.05, 4.69) is 15.3 Å². The summed E-state index contributed by atoms with van der Waals surface area (Å²) in [5, 5.41) is 11.6. The third-order valence-electron chi connectivity index (χ3n) is 2.72. The summed E-state index contributed by atoms with van der Waals surface area (Å²) in [5.41, 5.74) is 0.494. The lowest BCUT2D eigenvalue weighted by Gasteiger charge is -2.12. The molecule has 1 unspecified atom stereocenters. The van der Waals surface area contributed by atoms with Crippen molar-refractivity contribution in [2.24, 2.45) is 0 Å². The first-order valence-electron chi connectivity index (χ1n) is 6.07. The molecule has 2 aromatic rings. The molecule has 6 heteroatoms. The van der Waals surface area contributed by atoms with E-state index in [1.165, 1.54) is 6.20 Å². The maximum Gasteiger partial charge on any atom is 0.253 e. The summed E-state index contributed by atoms with van der Waals surface area (Å²) in [6.07, 6.45) is 7.15. The maximum atomic E-state index is 11.9. The average molecular weight is 260 g/mol. The van der Waals surface area contributed by atoms with Crippen molar-refractivity contribution in [2.45, 2.75) is 19.4 Å². The van der Waals surface area contributed by atoms with Crippen molar-refractivity contribution in [1.29, 1.82) is 0 Å². The van der Waals surface area contributed by atoms with Crippen LogP contribution in [-0.4, -0.2) is 38.2 Å². The highest BCUT2D eigenvalue weighted by Gasteiger charge is 2.10. The number of carbonyl (C=O) groups is 1. The standard InChI is InChI=1S/C13H16N4O2/c1-10(4-7-18)16-13(19)11-2-3-12(15-8-11)17-6-5-14-9-17/h2-3,5-6,8-10,18H,4,7H2,1H3,(H,16,19). The highest BCUT2D eigenvalue weighted by Crippen LogP contribution is 2.05. The Morgan fingerprint density at radius 1 is 1.53 bits per heavy atom. The third-order valence-corrected chi connectivity index (χ3v) is 2.72. The summed E-state index contributed by atoms with van der Waals surface area (Å²) in [5.74, 6) is 0.517. The second kappa shape index (κ2) is 6.10. The van der Waals surface area contributed by atoms with Gasteiger partial charge in [-0.1, -0.05) is 0 Å². The Hall–Kier alpha value is -2.21. The molecule has 2 heterocycles. The van der Waals surface area contributed by atoms with Crippen LogP contribution in [0.2, 0.25) is 0 Å². The molecule has 0 aromatic carbocycles. The van der Waals surface area contributed by atoms with E-state index in [-0.39, 0.29) is 18.6 Å². The largest absolute Gasteiger partial charge is 0.396 e. The van der Waals surface area contributed by atoms with Gasteiger partial charge in [-0.15, -0.1) is 0 Å². The molecule has 0 spiro atoms. The molecular weight excluding hydrogens is 244 g/mol. The van der Waals surface area contributed by atoms with Gasteiger partial charge in [0.05, 0.1) is 5.56 Å². The Labute approximate surface area is 111 Å². The van der Waals surface area contributed by atoms with Crippen LogP contribution in [0, 0.1) is 0 Å². The van der Waals surface area contributed by atoms with Crippen LogP contribution in [0.4, 0.5) is 0 Å². The minimum absolute atomic E-state index is 0.0548. The van der Waals surface area contributed by atoms with E-state index in [4.69, 9.17) is 5.11 Å². The van der Waals surface area contributed by atoms with Crippen molar-refractivity contribution >= 4 is 5.91 Å². The van der Waals surface area contributed by atoms with Crippen LogP contribution >= 0.6 is 0 Å². The number of nitrogens with zero attached hydrogens (tertiary/aromatic N) is 3. The van der Waals surface area contributed by atoms with Gasteiger partial charge in [0.25, 0.3) is 5.91 Å².